The van der Waals surface area contributed by atoms with Crippen molar-refractivity contribution in [3.05, 3.63) is 35.6 Å². The molecule has 3 heteroatoms. The maximum Gasteiger partial charge on any atom is 0.123 e. The third kappa shape index (κ3) is 2.49. The fraction of sp³-hybridized carbons (Fsp3) is 0.647. The monoisotopic (exact) mass is 277 g/mol. The van der Waals surface area contributed by atoms with E-state index in [1.807, 2.05) is 6.07 Å². The summed E-state index contributed by atoms with van der Waals surface area (Å²) >= 11 is 0. The molecule has 1 spiro atoms. The van der Waals surface area contributed by atoms with E-state index in [-0.39, 0.29) is 11.2 Å². The Balaban J connectivity index is 1.71. The standard InChI is InChI=1S/C17H24FNO/c1-20-9-8-19-13-17(11-16(12-17)6-3-7-16)14-4-2-5-15(18)10-14/h2,4-5,10,19H,3,6-9,11-13H2,1H3. The highest BCUT2D eigenvalue weighted by Crippen LogP contribution is 2.64. The zero-order chi connectivity index (χ0) is 14.1. The van der Waals surface area contributed by atoms with Gasteiger partial charge in [0.1, 0.15) is 5.82 Å². The highest BCUT2D eigenvalue weighted by Gasteiger charge is 2.57. The molecule has 3 rings (SSSR count). The van der Waals surface area contributed by atoms with Gasteiger partial charge in [-0.15, -0.1) is 0 Å². The van der Waals surface area contributed by atoms with E-state index < -0.39 is 0 Å². The molecule has 0 radical (unpaired) electrons. The van der Waals surface area contributed by atoms with Crippen LogP contribution in [0.3, 0.4) is 0 Å². The van der Waals surface area contributed by atoms with Crippen molar-refractivity contribution in [1.29, 1.82) is 0 Å². The minimum Gasteiger partial charge on any atom is -0.383 e. The van der Waals surface area contributed by atoms with E-state index in [2.05, 4.69) is 11.4 Å². The molecule has 2 aliphatic carbocycles. The average molecular weight is 277 g/mol. The quantitative estimate of drug-likeness (QED) is 0.806. The first-order valence-electron chi connectivity index (χ1n) is 7.64. The van der Waals surface area contributed by atoms with Crippen LogP contribution in [0.5, 0.6) is 0 Å². The third-order valence-electron chi connectivity index (χ3n) is 5.22. The molecule has 2 aliphatic rings. The second kappa shape index (κ2) is 5.45. The molecule has 0 bridgehead atoms. The summed E-state index contributed by atoms with van der Waals surface area (Å²) in [4.78, 5) is 0. The molecule has 2 fully saturated rings. The normalized spacial score (nSPS) is 22.3. The van der Waals surface area contributed by atoms with Gasteiger partial charge in [-0.1, -0.05) is 18.6 Å². The molecular weight excluding hydrogens is 253 g/mol. The van der Waals surface area contributed by atoms with Gasteiger partial charge < -0.3 is 10.1 Å². The molecule has 0 atom stereocenters. The second-order valence-corrected chi connectivity index (χ2v) is 6.67. The van der Waals surface area contributed by atoms with Crippen molar-refractivity contribution in [3.8, 4) is 0 Å². The molecular formula is C17H24FNO. The summed E-state index contributed by atoms with van der Waals surface area (Å²) in [5, 5.41) is 3.49. The van der Waals surface area contributed by atoms with Crippen LogP contribution in [-0.4, -0.2) is 26.8 Å². The lowest BCUT2D eigenvalue weighted by Gasteiger charge is -2.61. The molecule has 0 aromatic heterocycles. The zero-order valence-corrected chi connectivity index (χ0v) is 12.3. The number of ether oxygens (including phenoxy) is 1. The fourth-order valence-corrected chi connectivity index (χ4v) is 4.17. The van der Waals surface area contributed by atoms with Gasteiger partial charge in [0.25, 0.3) is 0 Å². The van der Waals surface area contributed by atoms with Gasteiger partial charge in [0.15, 0.2) is 0 Å². The molecule has 0 unspecified atom stereocenters. The summed E-state index contributed by atoms with van der Waals surface area (Å²) in [5.41, 5.74) is 1.88. The van der Waals surface area contributed by atoms with E-state index in [0.717, 1.165) is 19.7 Å². The van der Waals surface area contributed by atoms with Crippen LogP contribution in [0.1, 0.15) is 37.7 Å². The highest BCUT2D eigenvalue weighted by molar-refractivity contribution is 5.32. The van der Waals surface area contributed by atoms with Crippen molar-refractivity contribution in [2.45, 2.75) is 37.5 Å². The van der Waals surface area contributed by atoms with Gasteiger partial charge in [-0.05, 0) is 48.8 Å². The van der Waals surface area contributed by atoms with Crippen LogP contribution in [0.25, 0.3) is 0 Å². The number of methoxy groups -OCH3 is 1. The summed E-state index contributed by atoms with van der Waals surface area (Å²) in [6.07, 6.45) is 6.52. The Morgan fingerprint density at radius 1 is 1.30 bits per heavy atom. The molecule has 1 aromatic rings. The van der Waals surface area contributed by atoms with Crippen LogP contribution >= 0.6 is 0 Å². The average Bonchev–Trinajstić information content (AvgIpc) is 2.35. The first kappa shape index (κ1) is 14.0. The van der Waals surface area contributed by atoms with Crippen molar-refractivity contribution >= 4 is 0 Å². The number of rotatable bonds is 6. The first-order valence-corrected chi connectivity index (χ1v) is 7.64. The van der Waals surface area contributed by atoms with Crippen molar-refractivity contribution in [3.63, 3.8) is 0 Å². The van der Waals surface area contributed by atoms with Gasteiger partial charge in [-0.2, -0.15) is 0 Å². The molecule has 2 saturated carbocycles. The summed E-state index contributed by atoms with van der Waals surface area (Å²) < 4.78 is 18.6. The topological polar surface area (TPSA) is 21.3 Å². The van der Waals surface area contributed by atoms with Crippen molar-refractivity contribution in [2.24, 2.45) is 5.41 Å². The smallest absolute Gasteiger partial charge is 0.123 e. The molecule has 0 amide bonds. The van der Waals surface area contributed by atoms with Crippen LogP contribution in [0.4, 0.5) is 4.39 Å². The fourth-order valence-electron chi connectivity index (χ4n) is 4.17. The van der Waals surface area contributed by atoms with E-state index in [9.17, 15) is 4.39 Å². The van der Waals surface area contributed by atoms with Crippen LogP contribution in [0, 0.1) is 11.2 Å². The van der Waals surface area contributed by atoms with Crippen LogP contribution in [-0.2, 0) is 10.2 Å². The van der Waals surface area contributed by atoms with Crippen LogP contribution < -0.4 is 5.32 Å². The van der Waals surface area contributed by atoms with Crippen LogP contribution in [0.15, 0.2) is 24.3 Å². The Morgan fingerprint density at radius 2 is 2.10 bits per heavy atom. The molecule has 110 valence electrons. The molecule has 1 aromatic carbocycles. The van der Waals surface area contributed by atoms with E-state index in [1.165, 1.54) is 43.7 Å². The Hall–Kier alpha value is -0.930. The van der Waals surface area contributed by atoms with Crippen LogP contribution in [0.2, 0.25) is 0 Å². The van der Waals surface area contributed by atoms with Gasteiger partial charge >= 0.3 is 0 Å². The Bertz CT molecular complexity index is 462. The highest BCUT2D eigenvalue weighted by atomic mass is 19.1. The van der Waals surface area contributed by atoms with Crippen molar-refractivity contribution < 1.29 is 9.13 Å². The van der Waals surface area contributed by atoms with E-state index in [0.29, 0.717) is 5.41 Å². The second-order valence-electron chi connectivity index (χ2n) is 6.67. The van der Waals surface area contributed by atoms with Gasteiger partial charge in [-0.3, -0.25) is 0 Å². The lowest BCUT2D eigenvalue weighted by molar-refractivity contribution is -0.0486. The maximum absolute atomic E-state index is 13.5. The zero-order valence-electron chi connectivity index (χ0n) is 12.3. The lowest BCUT2D eigenvalue weighted by Crippen LogP contribution is -2.57. The Labute approximate surface area is 120 Å². The van der Waals surface area contributed by atoms with Gasteiger partial charge in [-0.25, -0.2) is 4.39 Å². The molecule has 0 aliphatic heterocycles. The largest absolute Gasteiger partial charge is 0.383 e. The summed E-state index contributed by atoms with van der Waals surface area (Å²) in [6, 6.07) is 7.19. The Morgan fingerprint density at radius 3 is 2.70 bits per heavy atom. The summed E-state index contributed by atoms with van der Waals surface area (Å²) in [6.45, 7) is 2.52. The van der Waals surface area contributed by atoms with E-state index in [1.54, 1.807) is 13.2 Å². The minimum absolute atomic E-state index is 0.117. The number of nitrogens with one attached hydrogen (secondary N) is 1. The number of hydrogen-bond acceptors (Lipinski definition) is 2. The SMILES string of the molecule is COCCNCC1(c2cccc(F)c2)CC2(CCC2)C1. The molecule has 0 heterocycles. The van der Waals surface area contributed by atoms with Crippen molar-refractivity contribution in [1.82, 2.24) is 5.32 Å². The number of hydrogen-bond donors (Lipinski definition) is 1. The van der Waals surface area contributed by atoms with Gasteiger partial charge in [0.2, 0.25) is 0 Å². The number of benzene rings is 1. The molecule has 1 N–H and O–H groups in total. The van der Waals surface area contributed by atoms with Gasteiger partial charge in [0, 0.05) is 25.6 Å². The molecule has 2 nitrogen and oxygen atoms in total. The lowest BCUT2D eigenvalue weighted by atomic mass is 9.43. The molecule has 0 saturated heterocycles. The maximum atomic E-state index is 13.5. The minimum atomic E-state index is -0.117. The third-order valence-corrected chi connectivity index (χ3v) is 5.22. The number of halogens is 1. The first-order chi connectivity index (χ1) is 9.68. The van der Waals surface area contributed by atoms with Crippen molar-refractivity contribution in [2.75, 3.05) is 26.8 Å². The summed E-state index contributed by atoms with van der Waals surface area (Å²) in [5.74, 6) is -0.117. The Kier molecular flexibility index (Phi) is 3.83. The predicted octanol–water partition coefficient (Wildman–Crippen LogP) is 3.26. The van der Waals surface area contributed by atoms with E-state index >= 15 is 0 Å². The molecule has 20 heavy (non-hydrogen) atoms. The van der Waals surface area contributed by atoms with Gasteiger partial charge in [0.05, 0.1) is 6.61 Å². The predicted molar refractivity (Wildman–Crippen MR) is 78.3 cm³/mol. The summed E-state index contributed by atoms with van der Waals surface area (Å²) in [7, 11) is 1.72. The van der Waals surface area contributed by atoms with E-state index in [4.69, 9.17) is 4.74 Å².